The maximum Gasteiger partial charge on any atom is 0.307 e. The Balaban J connectivity index is 1.51. The molecule has 2 bridgehead atoms. The minimum absolute atomic E-state index is 0.000922. The Morgan fingerprint density at radius 1 is 1.15 bits per heavy atom. The monoisotopic (exact) mass is 566 g/mol. The molecule has 2 aliphatic heterocycles. The van der Waals surface area contributed by atoms with Gasteiger partial charge in [-0.1, -0.05) is 40.5 Å². The summed E-state index contributed by atoms with van der Waals surface area (Å²) >= 11 is 0. The third kappa shape index (κ3) is 6.00. The summed E-state index contributed by atoms with van der Waals surface area (Å²) < 4.78 is 14.6. The fourth-order valence-electron chi connectivity index (χ4n) is 7.34. The second-order valence-electron chi connectivity index (χ2n) is 13.6. The van der Waals surface area contributed by atoms with Crippen LogP contribution in [0.15, 0.2) is 18.5 Å². The van der Waals surface area contributed by atoms with Crippen molar-refractivity contribution in [3.8, 4) is 5.75 Å². The van der Waals surface area contributed by atoms with Crippen LogP contribution < -0.4 is 4.74 Å². The molecule has 224 valence electrons. The second-order valence-corrected chi connectivity index (χ2v) is 13.6. The van der Waals surface area contributed by atoms with Gasteiger partial charge in [-0.25, -0.2) is 9.50 Å². The molecular weight excluding hydrogens is 520 g/mol. The van der Waals surface area contributed by atoms with Crippen molar-refractivity contribution in [2.45, 2.75) is 117 Å². The van der Waals surface area contributed by atoms with E-state index < -0.39 is 23.0 Å². The topological polar surface area (TPSA) is 103 Å². The highest BCUT2D eigenvalue weighted by Crippen LogP contribution is 2.43. The highest BCUT2D eigenvalue weighted by Gasteiger charge is 2.49. The fourth-order valence-corrected chi connectivity index (χ4v) is 7.34. The SMILES string of the molecule is CC[C@@H]1[C@@H]2CN(C(=O)[C@H](C(C)(C)C)CC(=O)O[C@]3(C)CCC[C@H]3CCCCCc3nc4ccnn4cc3O2)[C@@H]1C=O. The van der Waals surface area contributed by atoms with Crippen LogP contribution in [0.5, 0.6) is 5.75 Å². The smallest absolute Gasteiger partial charge is 0.307 e. The summed E-state index contributed by atoms with van der Waals surface area (Å²) in [4.78, 5) is 46.6. The standard InChI is InChI=1S/C32H46N4O5/c1-6-22-25(20-37)35-18-26(22)40-27-19-36-28(14-16-33-36)34-24(27)13-9-7-8-11-21-12-10-15-32(21,5)41-29(38)17-23(30(35)39)31(2,3)4/h14,16,19-23,25-26H,6-13,15,17-18H2,1-5H3/t21-,22+,23-,25-,26+,32-/m1/s1. The van der Waals surface area contributed by atoms with Crippen LogP contribution in [0.25, 0.3) is 5.65 Å². The van der Waals surface area contributed by atoms with E-state index in [1.54, 1.807) is 15.6 Å². The van der Waals surface area contributed by atoms with Gasteiger partial charge in [0, 0.05) is 12.0 Å². The van der Waals surface area contributed by atoms with Crippen LogP contribution in [-0.2, 0) is 25.5 Å². The van der Waals surface area contributed by atoms with Crippen LogP contribution in [0.2, 0.25) is 0 Å². The van der Waals surface area contributed by atoms with Crippen molar-refractivity contribution in [3.05, 3.63) is 24.2 Å². The molecule has 0 unspecified atom stereocenters. The van der Waals surface area contributed by atoms with Gasteiger partial charge in [0.2, 0.25) is 5.91 Å². The van der Waals surface area contributed by atoms with E-state index >= 15 is 0 Å². The van der Waals surface area contributed by atoms with Crippen LogP contribution >= 0.6 is 0 Å². The molecule has 1 amide bonds. The zero-order valence-electron chi connectivity index (χ0n) is 25.3. The molecule has 2 aromatic rings. The van der Waals surface area contributed by atoms with E-state index in [0.717, 1.165) is 69.0 Å². The number of esters is 1. The van der Waals surface area contributed by atoms with E-state index in [4.69, 9.17) is 14.5 Å². The summed E-state index contributed by atoms with van der Waals surface area (Å²) in [6.07, 6.45) is 12.6. The van der Waals surface area contributed by atoms with Crippen molar-refractivity contribution >= 4 is 23.8 Å². The van der Waals surface area contributed by atoms with Crippen LogP contribution in [0.1, 0.15) is 98.1 Å². The van der Waals surface area contributed by atoms with Gasteiger partial charge in [-0.15, -0.1) is 0 Å². The van der Waals surface area contributed by atoms with Crippen molar-refractivity contribution in [2.24, 2.45) is 23.2 Å². The number of fused-ring (bicyclic) bond motifs is 5. The van der Waals surface area contributed by atoms with Crippen molar-refractivity contribution in [1.29, 1.82) is 0 Å². The number of carbonyl (C=O) groups excluding carboxylic acids is 3. The molecule has 6 atom stereocenters. The predicted octanol–water partition coefficient (Wildman–Crippen LogP) is 5.18. The molecule has 4 heterocycles. The molecule has 2 fully saturated rings. The summed E-state index contributed by atoms with van der Waals surface area (Å²) in [6.45, 7) is 10.3. The van der Waals surface area contributed by atoms with Crippen LogP contribution in [0.4, 0.5) is 0 Å². The number of ether oxygens (including phenoxy) is 2. The molecule has 0 radical (unpaired) electrons. The fraction of sp³-hybridized carbons (Fsp3) is 0.719. The number of carbonyl (C=O) groups is 3. The molecule has 41 heavy (non-hydrogen) atoms. The van der Waals surface area contributed by atoms with Gasteiger partial charge < -0.3 is 19.2 Å². The lowest BCUT2D eigenvalue weighted by Crippen LogP contribution is -2.47. The molecule has 9 nitrogen and oxygen atoms in total. The first kappa shape index (κ1) is 29.5. The Hall–Kier alpha value is -2.97. The maximum atomic E-state index is 14.2. The molecular formula is C32H46N4O5. The normalized spacial score (nSPS) is 32.0. The Morgan fingerprint density at radius 2 is 1.93 bits per heavy atom. The van der Waals surface area contributed by atoms with Gasteiger partial charge >= 0.3 is 5.97 Å². The lowest BCUT2D eigenvalue weighted by atomic mass is 9.77. The Kier molecular flexibility index (Phi) is 8.44. The van der Waals surface area contributed by atoms with E-state index in [9.17, 15) is 14.4 Å². The first-order valence-corrected chi connectivity index (χ1v) is 15.5. The number of amides is 1. The molecule has 0 spiro atoms. The van der Waals surface area contributed by atoms with Gasteiger partial charge in [-0.05, 0) is 63.2 Å². The van der Waals surface area contributed by atoms with Crippen molar-refractivity contribution in [3.63, 3.8) is 0 Å². The molecule has 5 rings (SSSR count). The zero-order valence-corrected chi connectivity index (χ0v) is 25.3. The van der Waals surface area contributed by atoms with E-state index in [-0.39, 0.29) is 36.9 Å². The lowest BCUT2D eigenvalue weighted by molar-refractivity contribution is -0.167. The van der Waals surface area contributed by atoms with Crippen molar-refractivity contribution in [1.82, 2.24) is 19.5 Å². The summed E-state index contributed by atoms with van der Waals surface area (Å²) in [5, 5.41) is 4.36. The molecule has 2 aromatic heterocycles. The highest BCUT2D eigenvalue weighted by molar-refractivity contribution is 5.87. The van der Waals surface area contributed by atoms with Gasteiger partial charge in [0.15, 0.2) is 11.4 Å². The number of aldehydes is 1. The van der Waals surface area contributed by atoms with E-state index in [0.29, 0.717) is 18.1 Å². The number of aromatic nitrogens is 3. The number of aryl methyl sites for hydroxylation is 1. The largest absolute Gasteiger partial charge is 0.485 e. The summed E-state index contributed by atoms with van der Waals surface area (Å²) in [7, 11) is 0. The third-order valence-corrected chi connectivity index (χ3v) is 9.86. The minimum atomic E-state index is -0.623. The summed E-state index contributed by atoms with van der Waals surface area (Å²) in [5.41, 5.74) is 0.658. The average molecular weight is 567 g/mol. The number of nitrogens with zero attached hydrogens (tertiary/aromatic N) is 4. The van der Waals surface area contributed by atoms with Gasteiger partial charge in [0.05, 0.1) is 43.0 Å². The molecule has 9 heteroatoms. The van der Waals surface area contributed by atoms with Crippen LogP contribution in [0.3, 0.4) is 0 Å². The Labute approximate surface area is 243 Å². The molecule has 3 aliphatic rings. The Morgan fingerprint density at radius 3 is 2.66 bits per heavy atom. The molecule has 0 N–H and O–H groups in total. The lowest BCUT2D eigenvalue weighted by Gasteiger charge is -2.36. The molecule has 1 saturated heterocycles. The predicted molar refractivity (Wildman–Crippen MR) is 154 cm³/mol. The number of rotatable bonds is 2. The number of hydrogen-bond donors (Lipinski definition) is 0. The molecule has 0 aromatic carbocycles. The van der Waals surface area contributed by atoms with Gasteiger partial charge in [0.25, 0.3) is 0 Å². The maximum absolute atomic E-state index is 14.2. The number of hydrogen-bond acceptors (Lipinski definition) is 7. The Bertz CT molecular complexity index is 1270. The van der Waals surface area contributed by atoms with Gasteiger partial charge in [0.1, 0.15) is 18.0 Å². The summed E-state index contributed by atoms with van der Waals surface area (Å²) in [5.74, 6) is -0.327. The van der Waals surface area contributed by atoms with E-state index in [1.165, 1.54) is 0 Å². The van der Waals surface area contributed by atoms with Crippen LogP contribution in [-0.4, -0.2) is 62.0 Å². The van der Waals surface area contributed by atoms with Gasteiger partial charge in [-0.3, -0.25) is 9.59 Å². The van der Waals surface area contributed by atoms with E-state index in [2.05, 4.69) is 12.0 Å². The first-order chi connectivity index (χ1) is 19.5. The highest BCUT2D eigenvalue weighted by atomic mass is 16.6. The second kappa shape index (κ2) is 11.7. The average Bonchev–Trinajstić information content (AvgIpc) is 3.62. The molecule has 1 aliphatic carbocycles. The first-order valence-electron chi connectivity index (χ1n) is 15.5. The zero-order chi connectivity index (χ0) is 29.4. The van der Waals surface area contributed by atoms with E-state index in [1.807, 2.05) is 40.0 Å². The third-order valence-electron chi connectivity index (χ3n) is 9.86. The van der Waals surface area contributed by atoms with Gasteiger partial charge in [-0.2, -0.15) is 5.10 Å². The minimum Gasteiger partial charge on any atom is -0.485 e. The van der Waals surface area contributed by atoms with Crippen molar-refractivity contribution < 1.29 is 23.9 Å². The molecule has 1 saturated carbocycles. The van der Waals surface area contributed by atoms with Crippen LogP contribution in [0, 0.1) is 23.2 Å². The summed E-state index contributed by atoms with van der Waals surface area (Å²) in [6, 6.07) is 1.26. The quantitative estimate of drug-likeness (QED) is 0.364. The van der Waals surface area contributed by atoms with Crippen molar-refractivity contribution in [2.75, 3.05) is 6.54 Å².